The van der Waals surface area contributed by atoms with Crippen LogP contribution in [0.3, 0.4) is 0 Å². The summed E-state index contributed by atoms with van der Waals surface area (Å²) in [6.45, 7) is 2.25. The van der Waals surface area contributed by atoms with E-state index in [9.17, 15) is 0 Å². The number of halogens is 2. The maximum Gasteiger partial charge on any atom is 0.0640 e. The van der Waals surface area contributed by atoms with E-state index in [1.165, 1.54) is 25.7 Å². The molecule has 0 amide bonds. The zero-order chi connectivity index (χ0) is 11.8. The molecule has 1 fully saturated rings. The molecule has 0 spiro atoms. The molecule has 1 aliphatic rings. The summed E-state index contributed by atoms with van der Waals surface area (Å²) >= 11 is 12.2. The second-order valence-corrected chi connectivity index (χ2v) is 5.77. The van der Waals surface area contributed by atoms with Crippen LogP contribution in [0.2, 0.25) is 10.0 Å². The number of benzene rings is 1. The highest BCUT2D eigenvalue weighted by Gasteiger charge is 2.36. The van der Waals surface area contributed by atoms with Gasteiger partial charge in [-0.05, 0) is 29.9 Å². The zero-order valence-electron chi connectivity index (χ0n) is 9.47. The predicted octanol–water partition coefficient (Wildman–Crippen LogP) is 4.57. The summed E-state index contributed by atoms with van der Waals surface area (Å²) in [5.41, 5.74) is 7.52. The molecule has 2 N–H and O–H groups in total. The van der Waals surface area contributed by atoms with Crippen molar-refractivity contribution in [2.75, 3.05) is 0 Å². The Morgan fingerprint density at radius 3 is 2.50 bits per heavy atom. The quantitative estimate of drug-likeness (QED) is 0.825. The van der Waals surface area contributed by atoms with Crippen LogP contribution in [0.1, 0.15) is 44.2 Å². The predicted molar refractivity (Wildman–Crippen MR) is 70.0 cm³/mol. The van der Waals surface area contributed by atoms with Gasteiger partial charge in [0.2, 0.25) is 0 Å². The molecule has 0 aromatic heterocycles. The SMILES string of the molecule is CC1(C(N)c2cccc(Cl)c2Cl)CCCC1. The summed E-state index contributed by atoms with van der Waals surface area (Å²) in [5.74, 6) is 0. The third kappa shape index (κ3) is 2.09. The lowest BCUT2D eigenvalue weighted by molar-refractivity contribution is 0.265. The number of rotatable bonds is 2. The minimum Gasteiger partial charge on any atom is -0.323 e. The van der Waals surface area contributed by atoms with Crippen LogP contribution >= 0.6 is 23.2 Å². The minimum atomic E-state index is -0.0128. The van der Waals surface area contributed by atoms with E-state index in [-0.39, 0.29) is 11.5 Å². The van der Waals surface area contributed by atoms with Crippen LogP contribution in [0, 0.1) is 5.41 Å². The maximum absolute atomic E-state index is 6.36. The summed E-state index contributed by atoms with van der Waals surface area (Å²) < 4.78 is 0. The molecular formula is C13H17Cl2N. The topological polar surface area (TPSA) is 26.0 Å². The van der Waals surface area contributed by atoms with E-state index in [0.29, 0.717) is 10.0 Å². The molecule has 88 valence electrons. The van der Waals surface area contributed by atoms with Gasteiger partial charge in [-0.2, -0.15) is 0 Å². The zero-order valence-corrected chi connectivity index (χ0v) is 11.0. The van der Waals surface area contributed by atoms with Gasteiger partial charge in [-0.15, -0.1) is 0 Å². The third-order valence-electron chi connectivity index (χ3n) is 3.81. The average Bonchev–Trinajstić information content (AvgIpc) is 2.70. The number of hydrogen-bond acceptors (Lipinski definition) is 1. The fraction of sp³-hybridized carbons (Fsp3) is 0.538. The highest BCUT2D eigenvalue weighted by molar-refractivity contribution is 6.42. The molecular weight excluding hydrogens is 241 g/mol. The summed E-state index contributed by atoms with van der Waals surface area (Å²) in [7, 11) is 0. The highest BCUT2D eigenvalue weighted by Crippen LogP contribution is 2.47. The molecule has 1 atom stereocenters. The van der Waals surface area contributed by atoms with Crippen molar-refractivity contribution in [2.24, 2.45) is 11.1 Å². The van der Waals surface area contributed by atoms with E-state index < -0.39 is 0 Å². The van der Waals surface area contributed by atoms with Crippen LogP contribution in [-0.2, 0) is 0 Å². The molecule has 1 aromatic carbocycles. The molecule has 1 unspecified atom stereocenters. The van der Waals surface area contributed by atoms with Crippen LogP contribution in [0.25, 0.3) is 0 Å². The first-order valence-corrected chi connectivity index (χ1v) is 6.50. The summed E-state index contributed by atoms with van der Waals surface area (Å²) in [6.07, 6.45) is 4.89. The van der Waals surface area contributed by atoms with E-state index in [2.05, 4.69) is 6.92 Å². The van der Waals surface area contributed by atoms with Crippen LogP contribution in [-0.4, -0.2) is 0 Å². The smallest absolute Gasteiger partial charge is 0.0640 e. The number of nitrogens with two attached hydrogens (primary N) is 1. The summed E-state index contributed by atoms with van der Waals surface area (Å²) in [4.78, 5) is 0. The highest BCUT2D eigenvalue weighted by atomic mass is 35.5. The molecule has 1 aromatic rings. The van der Waals surface area contributed by atoms with Gasteiger partial charge in [0, 0.05) is 6.04 Å². The van der Waals surface area contributed by atoms with Gasteiger partial charge in [-0.1, -0.05) is 55.1 Å². The second-order valence-electron chi connectivity index (χ2n) is 4.98. The Balaban J connectivity index is 2.33. The van der Waals surface area contributed by atoms with Gasteiger partial charge in [0.25, 0.3) is 0 Å². The molecule has 1 nitrogen and oxygen atoms in total. The van der Waals surface area contributed by atoms with Gasteiger partial charge in [0.05, 0.1) is 10.0 Å². The van der Waals surface area contributed by atoms with E-state index in [1.54, 1.807) is 6.07 Å². The Labute approximate surface area is 107 Å². The Morgan fingerprint density at radius 2 is 1.88 bits per heavy atom. The van der Waals surface area contributed by atoms with Gasteiger partial charge in [0.15, 0.2) is 0 Å². The molecule has 2 rings (SSSR count). The molecule has 0 bridgehead atoms. The van der Waals surface area contributed by atoms with Crippen LogP contribution in [0.15, 0.2) is 18.2 Å². The largest absolute Gasteiger partial charge is 0.323 e. The Morgan fingerprint density at radius 1 is 1.25 bits per heavy atom. The van der Waals surface area contributed by atoms with Gasteiger partial charge >= 0.3 is 0 Å². The molecule has 3 heteroatoms. The first-order valence-electron chi connectivity index (χ1n) is 5.74. The second kappa shape index (κ2) is 4.56. The van der Waals surface area contributed by atoms with Crippen LogP contribution < -0.4 is 5.73 Å². The number of hydrogen-bond donors (Lipinski definition) is 1. The molecule has 16 heavy (non-hydrogen) atoms. The molecule has 0 heterocycles. The van der Waals surface area contributed by atoms with E-state index in [0.717, 1.165) is 5.56 Å². The first kappa shape index (κ1) is 12.2. The fourth-order valence-electron chi connectivity index (χ4n) is 2.63. The van der Waals surface area contributed by atoms with Crippen molar-refractivity contribution < 1.29 is 0 Å². The molecule has 0 aliphatic heterocycles. The normalized spacial score (nSPS) is 21.0. The van der Waals surface area contributed by atoms with Crippen LogP contribution in [0.4, 0.5) is 0 Å². The molecule has 1 aliphatic carbocycles. The van der Waals surface area contributed by atoms with E-state index in [1.807, 2.05) is 12.1 Å². The van der Waals surface area contributed by atoms with Crippen molar-refractivity contribution in [2.45, 2.75) is 38.6 Å². The monoisotopic (exact) mass is 257 g/mol. The summed E-state index contributed by atoms with van der Waals surface area (Å²) in [6, 6.07) is 5.70. The first-order chi connectivity index (χ1) is 7.54. The third-order valence-corrected chi connectivity index (χ3v) is 4.65. The van der Waals surface area contributed by atoms with Gasteiger partial charge in [-0.3, -0.25) is 0 Å². The van der Waals surface area contributed by atoms with Crippen molar-refractivity contribution in [3.63, 3.8) is 0 Å². The minimum absolute atomic E-state index is 0.0128. The van der Waals surface area contributed by atoms with Gasteiger partial charge in [0.1, 0.15) is 0 Å². The van der Waals surface area contributed by atoms with Gasteiger partial charge in [-0.25, -0.2) is 0 Å². The Bertz CT molecular complexity index is 384. The lowest BCUT2D eigenvalue weighted by atomic mass is 9.78. The van der Waals surface area contributed by atoms with Crippen molar-refractivity contribution in [3.8, 4) is 0 Å². The standard InChI is InChI=1S/C13H17Cl2N/c1-13(7-2-3-8-13)12(16)9-5-4-6-10(14)11(9)15/h4-6,12H,2-3,7-8,16H2,1H3. The van der Waals surface area contributed by atoms with E-state index in [4.69, 9.17) is 28.9 Å². The van der Waals surface area contributed by atoms with E-state index >= 15 is 0 Å². The Hall–Kier alpha value is -0.240. The maximum atomic E-state index is 6.36. The lowest BCUT2D eigenvalue weighted by Gasteiger charge is -2.32. The lowest BCUT2D eigenvalue weighted by Crippen LogP contribution is -2.29. The molecule has 0 saturated heterocycles. The van der Waals surface area contributed by atoms with Crippen molar-refractivity contribution in [1.82, 2.24) is 0 Å². The van der Waals surface area contributed by atoms with Crippen molar-refractivity contribution in [3.05, 3.63) is 33.8 Å². The molecule has 0 radical (unpaired) electrons. The van der Waals surface area contributed by atoms with Crippen molar-refractivity contribution in [1.29, 1.82) is 0 Å². The van der Waals surface area contributed by atoms with Gasteiger partial charge < -0.3 is 5.73 Å². The van der Waals surface area contributed by atoms with Crippen LogP contribution in [0.5, 0.6) is 0 Å². The average molecular weight is 258 g/mol. The molecule has 1 saturated carbocycles. The summed E-state index contributed by atoms with van der Waals surface area (Å²) in [5, 5.41) is 1.21. The van der Waals surface area contributed by atoms with Crippen molar-refractivity contribution >= 4 is 23.2 Å². The Kier molecular flexibility index (Phi) is 3.48. The fourth-order valence-corrected chi connectivity index (χ4v) is 3.06.